The molecular weight excluding hydrogens is 644 g/mol. The summed E-state index contributed by atoms with van der Waals surface area (Å²) < 4.78 is 0. The van der Waals surface area contributed by atoms with Crippen LogP contribution in [-0.2, 0) is 52.3 Å². The van der Waals surface area contributed by atoms with E-state index in [1.54, 1.807) is 0 Å². The van der Waals surface area contributed by atoms with Crippen molar-refractivity contribution in [2.75, 3.05) is 0 Å². The summed E-state index contributed by atoms with van der Waals surface area (Å²) in [5, 5.41) is 0. The van der Waals surface area contributed by atoms with Gasteiger partial charge in [-0.05, 0) is 93.1 Å². The number of hydrogen-bond acceptors (Lipinski definition) is 4. The van der Waals surface area contributed by atoms with E-state index in [0.717, 1.165) is 118 Å². The van der Waals surface area contributed by atoms with Crippen molar-refractivity contribution < 1.29 is 26.7 Å². The number of fused-ring (bicyclic) bond motifs is 8. The van der Waals surface area contributed by atoms with E-state index in [4.69, 9.17) is 19.9 Å². The van der Waals surface area contributed by atoms with Crippen LogP contribution in [0.2, 0.25) is 0 Å². The third-order valence-corrected chi connectivity index (χ3v) is 10.1. The van der Waals surface area contributed by atoms with E-state index in [-0.39, 0.29) is 28.6 Å². The van der Waals surface area contributed by atoms with E-state index in [0.29, 0.717) is 5.56 Å². The van der Waals surface area contributed by atoms with Gasteiger partial charge in [0, 0.05) is 0 Å². The van der Waals surface area contributed by atoms with Crippen LogP contribution in [0, 0.1) is 0 Å². The molecule has 0 saturated heterocycles. The summed E-state index contributed by atoms with van der Waals surface area (Å²) in [6, 6.07) is 6.46. The van der Waals surface area contributed by atoms with Gasteiger partial charge < -0.3 is 9.97 Å². The second-order valence-electron chi connectivity index (χ2n) is 12.6. The van der Waals surface area contributed by atoms with Gasteiger partial charge in [0.2, 0.25) is 0 Å². The average Bonchev–Trinajstić information content (AvgIpc) is 3.77. The molecule has 5 rings (SSSR count). The molecule has 0 saturated carbocycles. The Bertz CT molecular complexity index is 1970. The molecule has 0 unspecified atom stereocenters. The molecule has 3 aromatic heterocycles. The third-order valence-electron chi connectivity index (χ3n) is 10.1. The van der Waals surface area contributed by atoms with Crippen molar-refractivity contribution in [3.8, 4) is 0 Å². The summed E-state index contributed by atoms with van der Waals surface area (Å²) in [6.45, 7) is 20.4. The molecule has 48 heavy (non-hydrogen) atoms. The minimum atomic E-state index is -0.956. The Morgan fingerprint density at radius 3 is 1.31 bits per heavy atom. The molecule has 0 aliphatic carbocycles. The fourth-order valence-electron chi connectivity index (χ4n) is 8.01. The molecule has 8 bridgehead atoms. The second kappa shape index (κ2) is 15.3. The standard InChI is InChI=1S/C41H50N4O2.Cu/c1-11-24-26(13-3)34-20-36-28(15-5)30(17-7)40(44-36)39(38(22(9)46)23(10)47)41-31(18-8)29(16-6)37(45-41)21-35-27(14-4)25(12-2)33(43-35)19-32(24)42-34;/h19-21,38H,11-18H2,1-10H3;/q-2;+2. The van der Waals surface area contributed by atoms with Gasteiger partial charge in [-0.3, -0.25) is 9.59 Å². The smallest absolute Gasteiger partial charge is 0.657 e. The second-order valence-corrected chi connectivity index (χ2v) is 12.6. The number of carbonyl (C=O) groups is 2. The normalized spacial score (nSPS) is 13.1. The monoisotopic (exact) mass is 693 g/mol. The van der Waals surface area contributed by atoms with Crippen LogP contribution in [0.4, 0.5) is 0 Å². The van der Waals surface area contributed by atoms with Gasteiger partial charge in [-0.15, -0.1) is 22.1 Å². The molecule has 0 N–H and O–H groups in total. The Balaban J connectivity index is 0.00000520. The van der Waals surface area contributed by atoms with Gasteiger partial charge >= 0.3 is 17.1 Å². The number of aryl methyl sites for hydroxylation is 4. The van der Waals surface area contributed by atoms with Gasteiger partial charge in [0.25, 0.3) is 0 Å². The van der Waals surface area contributed by atoms with Crippen LogP contribution < -0.4 is 9.97 Å². The first-order chi connectivity index (χ1) is 22.6. The number of hydrogen-bond donors (Lipinski definition) is 0. The number of allylic oxidation sites excluding steroid dienone is 4. The largest absolute Gasteiger partial charge is 2.00 e. The van der Waals surface area contributed by atoms with Gasteiger partial charge in [-0.2, -0.15) is 0 Å². The molecule has 2 aliphatic rings. The molecule has 3 aromatic rings. The maximum absolute atomic E-state index is 13.4. The topological polar surface area (TPSA) is 88.1 Å². The molecule has 0 fully saturated rings. The third kappa shape index (κ3) is 6.20. The molecule has 0 atom stereocenters. The van der Waals surface area contributed by atoms with Crippen LogP contribution >= 0.6 is 0 Å². The number of ketones is 2. The Morgan fingerprint density at radius 2 is 0.917 bits per heavy atom. The summed E-state index contributed by atoms with van der Waals surface area (Å²) in [6.07, 6.45) is 6.44. The quantitative estimate of drug-likeness (QED) is 0.147. The molecule has 0 aromatic carbocycles. The van der Waals surface area contributed by atoms with Gasteiger partial charge in [-0.1, -0.05) is 95.8 Å². The minimum absolute atomic E-state index is 0. The predicted octanol–water partition coefficient (Wildman–Crippen LogP) is 9.54. The van der Waals surface area contributed by atoms with E-state index in [9.17, 15) is 9.59 Å². The van der Waals surface area contributed by atoms with Gasteiger partial charge in [0.05, 0.1) is 22.8 Å². The molecule has 0 amide bonds. The maximum Gasteiger partial charge on any atom is 2.00 e. The molecule has 2 aliphatic heterocycles. The first-order valence-electron chi connectivity index (χ1n) is 17.8. The summed E-state index contributed by atoms with van der Waals surface area (Å²) in [7, 11) is 0. The van der Waals surface area contributed by atoms with E-state index < -0.39 is 5.92 Å². The molecule has 6 nitrogen and oxygen atoms in total. The number of Topliss-reactive ketones (excluding diaryl/α,β-unsaturated/α-hetero) is 2. The van der Waals surface area contributed by atoms with E-state index in [2.05, 4.69) is 73.6 Å². The number of aromatic nitrogens is 4. The molecule has 257 valence electrons. The van der Waals surface area contributed by atoms with Gasteiger partial charge in [0.1, 0.15) is 17.5 Å². The zero-order valence-corrected chi connectivity index (χ0v) is 31.3. The molecule has 0 spiro atoms. The van der Waals surface area contributed by atoms with Crippen molar-refractivity contribution in [2.45, 2.75) is 127 Å². The van der Waals surface area contributed by atoms with E-state index in [1.165, 1.54) is 36.1 Å². The Labute approximate surface area is 296 Å². The zero-order valence-electron chi connectivity index (χ0n) is 30.4. The van der Waals surface area contributed by atoms with Crippen molar-refractivity contribution in [3.63, 3.8) is 0 Å². The van der Waals surface area contributed by atoms with Crippen molar-refractivity contribution in [1.82, 2.24) is 19.9 Å². The molecule has 5 heterocycles. The van der Waals surface area contributed by atoms with Crippen LogP contribution in [0.25, 0.3) is 44.4 Å². The van der Waals surface area contributed by atoms with Crippen molar-refractivity contribution in [2.24, 2.45) is 0 Å². The number of nitrogens with zero attached hydrogens (tertiary/aromatic N) is 4. The van der Waals surface area contributed by atoms with Crippen molar-refractivity contribution in [3.05, 3.63) is 68.8 Å². The Hall–Kier alpha value is -3.54. The summed E-state index contributed by atoms with van der Waals surface area (Å²) >= 11 is 0. The van der Waals surface area contributed by atoms with E-state index >= 15 is 0 Å². The minimum Gasteiger partial charge on any atom is -0.657 e. The maximum atomic E-state index is 13.4. The van der Waals surface area contributed by atoms with Crippen LogP contribution in [0.5, 0.6) is 0 Å². The van der Waals surface area contributed by atoms with Crippen LogP contribution in [0.15, 0.2) is 18.2 Å². The number of carbonyl (C=O) groups excluding carboxylic acids is 2. The number of rotatable bonds is 11. The van der Waals surface area contributed by atoms with Crippen LogP contribution in [-0.4, -0.2) is 21.5 Å². The van der Waals surface area contributed by atoms with Crippen LogP contribution in [0.3, 0.4) is 0 Å². The summed E-state index contributed by atoms with van der Waals surface area (Å²) in [4.78, 5) is 48.0. The van der Waals surface area contributed by atoms with E-state index in [1.807, 2.05) is 0 Å². The van der Waals surface area contributed by atoms with Crippen molar-refractivity contribution >= 4 is 55.9 Å². The van der Waals surface area contributed by atoms with Gasteiger partial charge in [-0.25, -0.2) is 9.97 Å². The predicted molar refractivity (Wildman–Crippen MR) is 195 cm³/mol. The Kier molecular flexibility index (Phi) is 11.9. The molecule has 1 radical (unpaired) electrons. The van der Waals surface area contributed by atoms with Crippen LogP contribution in [0.1, 0.15) is 151 Å². The van der Waals surface area contributed by atoms with Gasteiger partial charge in [0.15, 0.2) is 0 Å². The fourth-order valence-corrected chi connectivity index (χ4v) is 8.01. The summed E-state index contributed by atoms with van der Waals surface area (Å²) in [5.74, 6) is -1.33. The summed E-state index contributed by atoms with van der Waals surface area (Å²) in [5.41, 5.74) is 17.0. The van der Waals surface area contributed by atoms with Crippen molar-refractivity contribution in [1.29, 1.82) is 0 Å². The SMILES string of the molecule is CCC1=C(CC)c2cc3[n-]c(c(CC)c3CC)c(C(C(C)=O)C(C)=O)c3nc(cc4[n-]c(cc1n2)c(CC)c4CC)C(CC)=C3CC.[Cu+2]. The first kappa shape index (κ1) is 37.3. The average molecular weight is 694 g/mol. The molecular formula is C41H50CuN4O2. The zero-order chi connectivity index (χ0) is 34.2. The fraction of sp³-hybridized carbons (Fsp3) is 0.463. The Morgan fingerprint density at radius 1 is 0.542 bits per heavy atom. The first-order valence-corrected chi connectivity index (χ1v) is 17.8. The molecule has 7 heteroatoms.